The van der Waals surface area contributed by atoms with Gasteiger partial charge in [-0.2, -0.15) is 4.98 Å². The van der Waals surface area contributed by atoms with Crippen molar-refractivity contribution in [2.75, 3.05) is 37.7 Å². The molecule has 1 unspecified atom stereocenters. The lowest BCUT2D eigenvalue weighted by Crippen LogP contribution is -2.36. The fraction of sp³-hybridized carbons (Fsp3) is 0.611. The first-order chi connectivity index (χ1) is 12.2. The van der Waals surface area contributed by atoms with Crippen molar-refractivity contribution >= 4 is 5.82 Å². The molecule has 2 aromatic heterocycles. The van der Waals surface area contributed by atoms with E-state index in [-0.39, 0.29) is 6.04 Å². The summed E-state index contributed by atoms with van der Waals surface area (Å²) >= 11 is 0. The summed E-state index contributed by atoms with van der Waals surface area (Å²) in [7, 11) is 0. The minimum Gasteiger partial charge on any atom is -0.378 e. The third-order valence-corrected chi connectivity index (χ3v) is 5.03. The summed E-state index contributed by atoms with van der Waals surface area (Å²) in [6, 6.07) is 4.76. The van der Waals surface area contributed by atoms with Crippen LogP contribution in [-0.2, 0) is 4.74 Å². The number of nitrogens with zero attached hydrogens (tertiary/aromatic N) is 5. The maximum absolute atomic E-state index is 5.57. The number of rotatable bonds is 4. The number of hydrogen-bond acceptors (Lipinski definition) is 7. The second-order valence-electron chi connectivity index (χ2n) is 6.95. The van der Waals surface area contributed by atoms with Gasteiger partial charge in [-0.3, -0.25) is 4.90 Å². The van der Waals surface area contributed by atoms with Gasteiger partial charge >= 0.3 is 0 Å². The minimum atomic E-state index is 0.238. The molecule has 7 heteroatoms. The molecule has 0 N–H and O–H groups in total. The predicted octanol–water partition coefficient (Wildman–Crippen LogP) is 2.51. The lowest BCUT2D eigenvalue weighted by Gasteiger charge is -2.27. The molecule has 7 nitrogen and oxygen atoms in total. The first kappa shape index (κ1) is 16.5. The van der Waals surface area contributed by atoms with E-state index in [0.29, 0.717) is 11.9 Å². The minimum absolute atomic E-state index is 0.238. The van der Waals surface area contributed by atoms with E-state index in [1.165, 1.54) is 6.42 Å². The van der Waals surface area contributed by atoms with Crippen LogP contribution in [0.3, 0.4) is 0 Å². The first-order valence-electron chi connectivity index (χ1n) is 9.11. The Morgan fingerprint density at radius 3 is 2.72 bits per heavy atom. The van der Waals surface area contributed by atoms with Gasteiger partial charge in [-0.05, 0) is 45.4 Å². The molecule has 0 bridgehead atoms. The summed E-state index contributed by atoms with van der Waals surface area (Å²) in [5.41, 5.74) is 0.890. The molecule has 134 valence electrons. The molecule has 2 aromatic rings. The Morgan fingerprint density at radius 2 is 2.00 bits per heavy atom. The average molecular weight is 343 g/mol. The molecule has 2 aliphatic rings. The first-order valence-corrected chi connectivity index (χ1v) is 9.11. The summed E-state index contributed by atoms with van der Waals surface area (Å²) in [5.74, 6) is 2.31. The van der Waals surface area contributed by atoms with Gasteiger partial charge < -0.3 is 14.2 Å². The van der Waals surface area contributed by atoms with Crippen LogP contribution in [0.5, 0.6) is 0 Å². The Kier molecular flexibility index (Phi) is 4.67. The van der Waals surface area contributed by atoms with E-state index in [9.17, 15) is 0 Å². The smallest absolute Gasteiger partial charge is 0.244 e. The van der Waals surface area contributed by atoms with Crippen LogP contribution in [0.2, 0.25) is 0 Å². The van der Waals surface area contributed by atoms with Gasteiger partial charge in [-0.25, -0.2) is 4.98 Å². The van der Waals surface area contributed by atoms with Crippen LogP contribution < -0.4 is 4.90 Å². The van der Waals surface area contributed by atoms with Crippen LogP contribution in [0.4, 0.5) is 5.82 Å². The van der Waals surface area contributed by atoms with Crippen molar-refractivity contribution in [2.24, 2.45) is 0 Å². The second kappa shape index (κ2) is 7.09. The van der Waals surface area contributed by atoms with Gasteiger partial charge in [0.15, 0.2) is 0 Å². The van der Waals surface area contributed by atoms with Crippen LogP contribution in [0.25, 0.3) is 11.4 Å². The van der Waals surface area contributed by atoms with Crippen molar-refractivity contribution in [1.29, 1.82) is 0 Å². The van der Waals surface area contributed by atoms with Gasteiger partial charge in [0, 0.05) is 30.9 Å². The lowest BCUT2D eigenvalue weighted by molar-refractivity contribution is 0.122. The third-order valence-electron chi connectivity index (χ3n) is 5.03. The van der Waals surface area contributed by atoms with Gasteiger partial charge in [0.2, 0.25) is 11.7 Å². The molecular weight excluding hydrogens is 318 g/mol. The number of aromatic nitrogens is 3. The van der Waals surface area contributed by atoms with E-state index in [0.717, 1.165) is 56.5 Å². The molecule has 4 heterocycles. The maximum Gasteiger partial charge on any atom is 0.244 e. The lowest BCUT2D eigenvalue weighted by atomic mass is 10.2. The highest BCUT2D eigenvalue weighted by Crippen LogP contribution is 2.33. The summed E-state index contributed by atoms with van der Waals surface area (Å²) in [4.78, 5) is 13.9. The van der Waals surface area contributed by atoms with Gasteiger partial charge in [0.25, 0.3) is 0 Å². The number of hydrogen-bond donors (Lipinski definition) is 0. The molecule has 0 aromatic carbocycles. The van der Waals surface area contributed by atoms with Crippen molar-refractivity contribution in [2.45, 2.75) is 38.8 Å². The molecule has 2 aliphatic heterocycles. The van der Waals surface area contributed by atoms with Crippen molar-refractivity contribution in [1.82, 2.24) is 20.0 Å². The van der Waals surface area contributed by atoms with Crippen LogP contribution in [0, 0.1) is 0 Å². The molecule has 0 amide bonds. The molecule has 25 heavy (non-hydrogen) atoms. The highest BCUT2D eigenvalue weighted by Gasteiger charge is 2.32. The molecule has 2 fully saturated rings. The normalized spacial score (nSPS) is 22.0. The van der Waals surface area contributed by atoms with Crippen LogP contribution in [-0.4, -0.2) is 58.9 Å². The molecule has 0 aliphatic carbocycles. The Balaban J connectivity index is 1.50. The summed E-state index contributed by atoms with van der Waals surface area (Å²) in [5, 5.41) is 4.18. The van der Waals surface area contributed by atoms with Gasteiger partial charge in [0.1, 0.15) is 5.82 Å². The number of ether oxygens (including phenoxy) is 1. The number of pyridine rings is 1. The van der Waals surface area contributed by atoms with Crippen molar-refractivity contribution in [3.63, 3.8) is 0 Å². The summed E-state index contributed by atoms with van der Waals surface area (Å²) in [6.07, 6.45) is 4.08. The van der Waals surface area contributed by atoms with E-state index >= 15 is 0 Å². The molecule has 1 atom stereocenters. The Morgan fingerprint density at radius 1 is 1.16 bits per heavy atom. The highest BCUT2D eigenvalue weighted by molar-refractivity contribution is 5.56. The zero-order chi connectivity index (χ0) is 17.2. The Bertz CT molecular complexity index is 694. The molecule has 0 radical (unpaired) electrons. The van der Waals surface area contributed by atoms with Crippen molar-refractivity contribution < 1.29 is 9.26 Å². The fourth-order valence-corrected chi connectivity index (χ4v) is 3.66. The molecule has 0 spiro atoms. The monoisotopic (exact) mass is 343 g/mol. The quantitative estimate of drug-likeness (QED) is 0.845. The number of anilines is 1. The topological polar surface area (TPSA) is 67.5 Å². The van der Waals surface area contributed by atoms with Crippen molar-refractivity contribution in [3.8, 4) is 11.4 Å². The van der Waals surface area contributed by atoms with E-state index in [4.69, 9.17) is 9.26 Å². The van der Waals surface area contributed by atoms with E-state index in [1.54, 1.807) is 0 Å². The summed E-state index contributed by atoms with van der Waals surface area (Å²) in [6.45, 7) is 8.79. The van der Waals surface area contributed by atoms with E-state index < -0.39 is 0 Å². The van der Waals surface area contributed by atoms with Gasteiger partial charge in [-0.15, -0.1) is 0 Å². The molecular formula is C18H25N5O2. The van der Waals surface area contributed by atoms with E-state index in [2.05, 4.69) is 38.8 Å². The molecule has 2 saturated heterocycles. The average Bonchev–Trinajstić information content (AvgIpc) is 3.32. The third kappa shape index (κ3) is 3.39. The number of morpholine rings is 1. The Hall–Kier alpha value is -1.99. The molecule has 0 saturated carbocycles. The van der Waals surface area contributed by atoms with Crippen LogP contribution in [0.1, 0.15) is 38.6 Å². The number of likely N-dealkylation sites (tertiary alicyclic amines) is 1. The van der Waals surface area contributed by atoms with Gasteiger partial charge in [-0.1, -0.05) is 5.16 Å². The highest BCUT2D eigenvalue weighted by atomic mass is 16.5. The largest absolute Gasteiger partial charge is 0.378 e. The Labute approximate surface area is 148 Å². The maximum atomic E-state index is 5.57. The SMILES string of the molecule is CC(C)N1CCCC1c1nc(-c2ccc(N3CCOCC3)nc2)no1. The zero-order valence-corrected chi connectivity index (χ0v) is 14.9. The van der Waals surface area contributed by atoms with Gasteiger partial charge in [0.05, 0.1) is 19.3 Å². The fourth-order valence-electron chi connectivity index (χ4n) is 3.66. The van der Waals surface area contributed by atoms with Crippen molar-refractivity contribution in [3.05, 3.63) is 24.2 Å². The zero-order valence-electron chi connectivity index (χ0n) is 14.9. The summed E-state index contributed by atoms with van der Waals surface area (Å²) < 4.78 is 11.0. The predicted molar refractivity (Wildman–Crippen MR) is 94.4 cm³/mol. The van der Waals surface area contributed by atoms with E-state index in [1.807, 2.05) is 18.3 Å². The van der Waals surface area contributed by atoms with Crippen LogP contribution in [0.15, 0.2) is 22.9 Å². The second-order valence-corrected chi connectivity index (χ2v) is 6.95. The molecule has 4 rings (SSSR count). The van der Waals surface area contributed by atoms with Crippen LogP contribution >= 0.6 is 0 Å². The standard InChI is InChI=1S/C18H25N5O2/c1-13(2)23-7-3-4-15(23)18-20-17(21-25-18)14-5-6-16(19-12-14)22-8-10-24-11-9-22/h5-6,12-13,15H,3-4,7-11H2,1-2H3.